The summed E-state index contributed by atoms with van der Waals surface area (Å²) in [6.07, 6.45) is 1.31. The molecule has 0 aliphatic carbocycles. The first-order valence-corrected chi connectivity index (χ1v) is 3.72. The molecule has 0 spiro atoms. The van der Waals surface area contributed by atoms with Crippen LogP contribution in [0, 0.1) is 0 Å². The maximum absolute atomic E-state index is 5.35. The molecule has 0 aromatic rings. The van der Waals surface area contributed by atoms with Crippen LogP contribution >= 0.6 is 12.6 Å². The van der Waals surface area contributed by atoms with Crippen LogP contribution in [0.2, 0.25) is 0 Å². The van der Waals surface area contributed by atoms with Crippen molar-refractivity contribution in [3.63, 3.8) is 0 Å². The normalized spacial score (nSPS) is 30.7. The van der Waals surface area contributed by atoms with Crippen LogP contribution in [-0.2, 0) is 9.47 Å². The maximum atomic E-state index is 5.35. The quantitative estimate of drug-likeness (QED) is 0.466. The van der Waals surface area contributed by atoms with Crippen LogP contribution < -0.4 is 0 Å². The molecule has 1 heterocycles. The third-order valence-corrected chi connectivity index (χ3v) is 1.40. The first-order valence-electron chi connectivity index (χ1n) is 3.20. The first-order chi connectivity index (χ1) is 4.29. The van der Waals surface area contributed by atoms with Gasteiger partial charge < -0.3 is 9.47 Å². The van der Waals surface area contributed by atoms with Crippen LogP contribution in [0.3, 0.4) is 0 Å². The summed E-state index contributed by atoms with van der Waals surface area (Å²) in [6, 6.07) is 0. The van der Waals surface area contributed by atoms with E-state index >= 15 is 0 Å². The van der Waals surface area contributed by atoms with Gasteiger partial charge in [-0.25, -0.2) is 0 Å². The second-order valence-corrected chi connectivity index (χ2v) is 2.95. The molecule has 0 N–H and O–H groups in total. The maximum Gasteiger partial charge on any atom is 0.0976 e. The molecule has 2 nitrogen and oxygen atoms in total. The molecule has 0 radical (unpaired) electrons. The van der Waals surface area contributed by atoms with Crippen molar-refractivity contribution >= 4 is 12.6 Å². The van der Waals surface area contributed by atoms with Gasteiger partial charge in [0.15, 0.2) is 0 Å². The molecule has 0 saturated carbocycles. The van der Waals surface area contributed by atoms with Gasteiger partial charge in [0, 0.05) is 6.61 Å². The molecule has 54 valence electrons. The molecule has 1 fully saturated rings. The van der Waals surface area contributed by atoms with Gasteiger partial charge in [-0.1, -0.05) is 0 Å². The Balaban J connectivity index is 2.11. The summed E-state index contributed by atoms with van der Waals surface area (Å²) < 4.78 is 10.4. The highest BCUT2D eigenvalue weighted by Gasteiger charge is 2.16. The Morgan fingerprint density at radius 2 is 2.56 bits per heavy atom. The Bertz CT molecular complexity index is 79.1. The van der Waals surface area contributed by atoms with Crippen LogP contribution in [0.4, 0.5) is 0 Å². The van der Waals surface area contributed by atoms with Gasteiger partial charge in [0.05, 0.1) is 18.1 Å². The summed E-state index contributed by atoms with van der Waals surface area (Å²) in [5.41, 5.74) is 0.0386. The molecule has 2 atom stereocenters. The largest absolute Gasteiger partial charge is 0.379 e. The minimum Gasteiger partial charge on any atom is -0.379 e. The van der Waals surface area contributed by atoms with Crippen LogP contribution in [0.25, 0.3) is 0 Å². The monoisotopic (exact) mass is 148 g/mol. The molecular formula is C6H12O2S. The summed E-state index contributed by atoms with van der Waals surface area (Å²) >= 11 is 4.10. The van der Waals surface area contributed by atoms with Crippen molar-refractivity contribution in [2.45, 2.75) is 24.9 Å². The second-order valence-electron chi connectivity index (χ2n) is 2.22. The predicted octanol–water partition coefficient (Wildman–Crippen LogP) is 1.07. The summed E-state index contributed by atoms with van der Waals surface area (Å²) in [5, 5.41) is 0. The lowest BCUT2D eigenvalue weighted by molar-refractivity contribution is 0.0356. The van der Waals surface area contributed by atoms with Crippen LogP contribution in [0.5, 0.6) is 0 Å². The standard InChI is InChI=1S/C6H12O2S/c1-5(9)8-6-2-3-7-4-6/h5-6,9H,2-4H2,1H3/t5?,6-/m1/s1. The summed E-state index contributed by atoms with van der Waals surface area (Å²) in [5.74, 6) is 0. The van der Waals surface area contributed by atoms with E-state index in [1.165, 1.54) is 0 Å². The van der Waals surface area contributed by atoms with E-state index in [1.807, 2.05) is 6.92 Å². The average molecular weight is 148 g/mol. The lowest BCUT2D eigenvalue weighted by Crippen LogP contribution is -2.15. The number of rotatable bonds is 2. The molecule has 9 heavy (non-hydrogen) atoms. The summed E-state index contributed by atoms with van der Waals surface area (Å²) in [7, 11) is 0. The lowest BCUT2D eigenvalue weighted by Gasteiger charge is -2.11. The first kappa shape index (κ1) is 7.38. The Labute approximate surface area is 60.9 Å². The number of thiol groups is 1. The van der Waals surface area contributed by atoms with Crippen molar-refractivity contribution in [3.05, 3.63) is 0 Å². The SMILES string of the molecule is CC(S)O[C@@H]1CCOC1. The molecule has 1 aliphatic rings. The van der Waals surface area contributed by atoms with Gasteiger partial charge >= 0.3 is 0 Å². The van der Waals surface area contributed by atoms with E-state index < -0.39 is 0 Å². The average Bonchev–Trinajstić information content (AvgIpc) is 2.15. The molecule has 1 rings (SSSR count). The van der Waals surface area contributed by atoms with Crippen molar-refractivity contribution in [1.82, 2.24) is 0 Å². The zero-order chi connectivity index (χ0) is 6.69. The minimum atomic E-state index is 0.0386. The zero-order valence-corrected chi connectivity index (χ0v) is 6.43. The molecule has 0 aromatic carbocycles. The number of hydrogen-bond acceptors (Lipinski definition) is 3. The van der Waals surface area contributed by atoms with Crippen molar-refractivity contribution < 1.29 is 9.47 Å². The molecule has 0 aromatic heterocycles. The highest BCUT2D eigenvalue weighted by atomic mass is 32.1. The summed E-state index contributed by atoms with van der Waals surface area (Å²) in [4.78, 5) is 0. The fourth-order valence-electron chi connectivity index (χ4n) is 0.899. The van der Waals surface area contributed by atoms with E-state index in [-0.39, 0.29) is 11.5 Å². The van der Waals surface area contributed by atoms with Gasteiger partial charge in [-0.15, -0.1) is 12.6 Å². The Hall–Kier alpha value is 0.270. The van der Waals surface area contributed by atoms with Gasteiger partial charge in [-0.05, 0) is 13.3 Å². The molecule has 1 aliphatic heterocycles. The van der Waals surface area contributed by atoms with Gasteiger partial charge in [0.2, 0.25) is 0 Å². The van der Waals surface area contributed by atoms with Gasteiger partial charge in [0.25, 0.3) is 0 Å². The molecule has 0 bridgehead atoms. The highest BCUT2D eigenvalue weighted by Crippen LogP contribution is 2.11. The van der Waals surface area contributed by atoms with Crippen molar-refractivity contribution in [2.75, 3.05) is 13.2 Å². The zero-order valence-electron chi connectivity index (χ0n) is 5.54. The van der Waals surface area contributed by atoms with E-state index in [4.69, 9.17) is 9.47 Å². The van der Waals surface area contributed by atoms with E-state index in [0.717, 1.165) is 19.6 Å². The minimum absolute atomic E-state index is 0.0386. The van der Waals surface area contributed by atoms with Crippen LogP contribution in [0.1, 0.15) is 13.3 Å². The lowest BCUT2D eigenvalue weighted by atomic mass is 10.3. The Morgan fingerprint density at radius 1 is 1.78 bits per heavy atom. The molecule has 1 unspecified atom stereocenters. The molecule has 3 heteroatoms. The topological polar surface area (TPSA) is 18.5 Å². The van der Waals surface area contributed by atoms with E-state index in [0.29, 0.717) is 0 Å². The fourth-order valence-corrected chi connectivity index (χ4v) is 1.07. The predicted molar refractivity (Wildman–Crippen MR) is 38.8 cm³/mol. The van der Waals surface area contributed by atoms with Crippen LogP contribution in [0.15, 0.2) is 0 Å². The van der Waals surface area contributed by atoms with E-state index in [9.17, 15) is 0 Å². The summed E-state index contributed by atoms with van der Waals surface area (Å²) in [6.45, 7) is 3.50. The second kappa shape index (κ2) is 3.44. The number of ether oxygens (including phenoxy) is 2. The van der Waals surface area contributed by atoms with Gasteiger partial charge in [-0.3, -0.25) is 0 Å². The van der Waals surface area contributed by atoms with Gasteiger partial charge in [-0.2, -0.15) is 0 Å². The van der Waals surface area contributed by atoms with Crippen LogP contribution in [-0.4, -0.2) is 24.8 Å². The van der Waals surface area contributed by atoms with Crippen molar-refractivity contribution in [2.24, 2.45) is 0 Å². The van der Waals surface area contributed by atoms with E-state index in [2.05, 4.69) is 12.6 Å². The molecular weight excluding hydrogens is 136 g/mol. The molecule has 0 amide bonds. The van der Waals surface area contributed by atoms with Gasteiger partial charge in [0.1, 0.15) is 0 Å². The number of hydrogen-bond donors (Lipinski definition) is 1. The van der Waals surface area contributed by atoms with E-state index in [1.54, 1.807) is 0 Å². The third-order valence-electron chi connectivity index (χ3n) is 1.28. The third kappa shape index (κ3) is 2.56. The molecule has 1 saturated heterocycles. The Kier molecular flexibility index (Phi) is 2.82. The van der Waals surface area contributed by atoms with Crippen molar-refractivity contribution in [3.8, 4) is 0 Å². The van der Waals surface area contributed by atoms with Crippen molar-refractivity contribution in [1.29, 1.82) is 0 Å². The Morgan fingerprint density at radius 3 is 3.00 bits per heavy atom. The fraction of sp³-hybridized carbons (Fsp3) is 1.00. The smallest absolute Gasteiger partial charge is 0.0976 e. The highest BCUT2D eigenvalue weighted by molar-refractivity contribution is 7.80.